The number of nitrogens with zero attached hydrogens (tertiary/aromatic N) is 2. The number of hydrogen-bond acceptors (Lipinski definition) is 4. The second kappa shape index (κ2) is 6.55. The topological polar surface area (TPSA) is 31.7 Å². The van der Waals surface area contributed by atoms with Crippen molar-refractivity contribution >= 4 is 0 Å². The molecule has 1 aromatic heterocycles. The van der Waals surface area contributed by atoms with Crippen LogP contribution in [0.4, 0.5) is 0 Å². The molecule has 4 nitrogen and oxygen atoms in total. The molecule has 1 aromatic rings. The Morgan fingerprint density at radius 2 is 2.11 bits per heavy atom. The molecule has 2 rings (SSSR count). The quantitative estimate of drug-likeness (QED) is 0.880. The number of hydrogen-bond donors (Lipinski definition) is 1. The van der Waals surface area contributed by atoms with Gasteiger partial charge in [0, 0.05) is 6.04 Å². The lowest BCUT2D eigenvalue weighted by Gasteiger charge is -2.34. The second-order valence-electron chi connectivity index (χ2n) is 5.80. The van der Waals surface area contributed by atoms with Crippen LogP contribution in [0.25, 0.3) is 0 Å². The van der Waals surface area contributed by atoms with Gasteiger partial charge in [-0.25, -0.2) is 0 Å². The number of likely N-dealkylation sites (tertiary alicyclic amines) is 1. The van der Waals surface area contributed by atoms with E-state index in [2.05, 4.69) is 42.2 Å². The highest BCUT2D eigenvalue weighted by Gasteiger charge is 2.21. The molecule has 4 heteroatoms. The van der Waals surface area contributed by atoms with Crippen molar-refractivity contribution in [3.05, 3.63) is 23.2 Å². The van der Waals surface area contributed by atoms with Crippen molar-refractivity contribution in [2.45, 2.75) is 38.9 Å². The molecule has 1 fully saturated rings. The fraction of sp³-hybridized carbons (Fsp3) is 0.733. The normalized spacial score (nSPS) is 18.4. The smallest absolute Gasteiger partial charge is 0.120 e. The highest BCUT2D eigenvalue weighted by Crippen LogP contribution is 2.20. The van der Waals surface area contributed by atoms with Crippen molar-refractivity contribution in [2.24, 2.45) is 0 Å². The van der Waals surface area contributed by atoms with Gasteiger partial charge in [0.2, 0.25) is 0 Å². The van der Waals surface area contributed by atoms with Gasteiger partial charge >= 0.3 is 0 Å². The number of aryl methyl sites for hydroxylation is 1. The minimum absolute atomic E-state index is 0.689. The molecule has 0 aromatic carbocycles. The van der Waals surface area contributed by atoms with E-state index < -0.39 is 0 Å². The summed E-state index contributed by atoms with van der Waals surface area (Å²) in [6.07, 6.45) is 2.52. The van der Waals surface area contributed by atoms with E-state index in [0.29, 0.717) is 6.04 Å². The largest absolute Gasteiger partial charge is 0.463 e. The molecule has 1 aliphatic rings. The number of rotatable bonds is 5. The molecule has 0 bridgehead atoms. The van der Waals surface area contributed by atoms with Gasteiger partial charge in [0.05, 0.1) is 13.1 Å². The first kappa shape index (κ1) is 14.6. The fourth-order valence-corrected chi connectivity index (χ4v) is 2.81. The van der Waals surface area contributed by atoms with Crippen LogP contribution in [0.2, 0.25) is 0 Å². The van der Waals surface area contributed by atoms with Crippen molar-refractivity contribution in [2.75, 3.05) is 34.2 Å². The van der Waals surface area contributed by atoms with Crippen molar-refractivity contribution in [1.29, 1.82) is 0 Å². The minimum atomic E-state index is 0.689. The molecular weight excluding hydrogens is 238 g/mol. The van der Waals surface area contributed by atoms with E-state index in [1.807, 2.05) is 7.05 Å². The Labute approximate surface area is 116 Å². The maximum absolute atomic E-state index is 5.92. The molecule has 0 unspecified atom stereocenters. The van der Waals surface area contributed by atoms with Crippen LogP contribution in [0.3, 0.4) is 0 Å². The Morgan fingerprint density at radius 1 is 1.42 bits per heavy atom. The number of nitrogens with one attached hydrogen (secondary N) is 1. The third-order valence-electron chi connectivity index (χ3n) is 4.13. The van der Waals surface area contributed by atoms with Crippen molar-refractivity contribution in [3.63, 3.8) is 0 Å². The monoisotopic (exact) mass is 265 g/mol. The molecule has 1 N–H and O–H groups in total. The van der Waals surface area contributed by atoms with Gasteiger partial charge in [-0.2, -0.15) is 0 Å². The van der Waals surface area contributed by atoms with E-state index in [4.69, 9.17) is 4.42 Å². The van der Waals surface area contributed by atoms with Gasteiger partial charge in [-0.15, -0.1) is 0 Å². The predicted octanol–water partition coefficient (Wildman–Crippen LogP) is 1.83. The summed E-state index contributed by atoms with van der Waals surface area (Å²) in [7, 11) is 6.37. The molecule has 1 saturated heterocycles. The van der Waals surface area contributed by atoms with E-state index in [9.17, 15) is 0 Å². The first-order valence-corrected chi connectivity index (χ1v) is 7.21. The highest BCUT2D eigenvalue weighted by atomic mass is 16.3. The van der Waals surface area contributed by atoms with Crippen LogP contribution in [0, 0.1) is 6.92 Å². The molecule has 108 valence electrons. The van der Waals surface area contributed by atoms with E-state index >= 15 is 0 Å². The second-order valence-corrected chi connectivity index (χ2v) is 5.80. The Bertz CT molecular complexity index is 394. The van der Waals surface area contributed by atoms with Crippen LogP contribution in [0.5, 0.6) is 0 Å². The number of piperidine rings is 1. The Kier molecular flexibility index (Phi) is 5.02. The summed E-state index contributed by atoms with van der Waals surface area (Å²) in [4.78, 5) is 4.85. The van der Waals surface area contributed by atoms with Gasteiger partial charge in [0.25, 0.3) is 0 Å². The zero-order valence-electron chi connectivity index (χ0n) is 12.7. The lowest BCUT2D eigenvalue weighted by Crippen LogP contribution is -2.41. The first-order valence-electron chi connectivity index (χ1n) is 7.21. The third-order valence-corrected chi connectivity index (χ3v) is 4.13. The maximum Gasteiger partial charge on any atom is 0.120 e. The Hall–Kier alpha value is -0.840. The Balaban J connectivity index is 1.91. The SMILES string of the molecule is CNCc1oc(CN(C)C2CCN(C)CC2)cc1C. The molecule has 2 heterocycles. The lowest BCUT2D eigenvalue weighted by atomic mass is 10.0. The van der Waals surface area contributed by atoms with Crippen molar-refractivity contribution in [3.8, 4) is 0 Å². The van der Waals surface area contributed by atoms with Crippen LogP contribution in [-0.2, 0) is 13.1 Å². The summed E-state index contributed by atoms with van der Waals surface area (Å²) in [5, 5.41) is 3.15. The minimum Gasteiger partial charge on any atom is -0.463 e. The zero-order chi connectivity index (χ0) is 13.8. The average Bonchev–Trinajstić information content (AvgIpc) is 2.71. The van der Waals surface area contributed by atoms with E-state index in [0.717, 1.165) is 24.6 Å². The molecule has 19 heavy (non-hydrogen) atoms. The maximum atomic E-state index is 5.92. The summed E-state index contributed by atoms with van der Waals surface area (Å²) >= 11 is 0. The molecule has 0 spiro atoms. The molecule has 0 radical (unpaired) electrons. The van der Waals surface area contributed by atoms with Crippen LogP contribution in [0.1, 0.15) is 29.9 Å². The van der Waals surface area contributed by atoms with Gasteiger partial charge in [-0.3, -0.25) is 4.90 Å². The molecular formula is C15H27N3O. The van der Waals surface area contributed by atoms with E-state index in [1.54, 1.807) is 0 Å². The van der Waals surface area contributed by atoms with Gasteiger partial charge in [-0.1, -0.05) is 0 Å². The number of furan rings is 1. The molecule has 0 amide bonds. The molecule has 0 saturated carbocycles. The van der Waals surface area contributed by atoms with Gasteiger partial charge in [0.15, 0.2) is 0 Å². The van der Waals surface area contributed by atoms with Gasteiger partial charge in [-0.05, 0) is 65.6 Å². The molecule has 0 aliphatic carbocycles. The summed E-state index contributed by atoms with van der Waals surface area (Å²) in [5.41, 5.74) is 1.25. The van der Waals surface area contributed by atoms with E-state index in [1.165, 1.54) is 31.5 Å². The zero-order valence-corrected chi connectivity index (χ0v) is 12.7. The Morgan fingerprint density at radius 3 is 2.74 bits per heavy atom. The van der Waals surface area contributed by atoms with E-state index in [-0.39, 0.29) is 0 Å². The standard InChI is InChI=1S/C15H27N3O/c1-12-9-14(19-15(12)10-16-2)11-18(4)13-5-7-17(3)8-6-13/h9,13,16H,5-8,10-11H2,1-4H3. The molecule has 1 aliphatic heterocycles. The van der Waals surface area contributed by atoms with Gasteiger partial charge in [0.1, 0.15) is 11.5 Å². The predicted molar refractivity (Wildman–Crippen MR) is 78.2 cm³/mol. The highest BCUT2D eigenvalue weighted by molar-refractivity contribution is 5.20. The first-order chi connectivity index (χ1) is 9.10. The summed E-state index contributed by atoms with van der Waals surface area (Å²) in [6.45, 7) is 6.26. The van der Waals surface area contributed by atoms with Crippen LogP contribution in [-0.4, -0.2) is 50.1 Å². The summed E-state index contributed by atoms with van der Waals surface area (Å²) in [6, 6.07) is 2.87. The van der Waals surface area contributed by atoms with Crippen molar-refractivity contribution in [1.82, 2.24) is 15.1 Å². The van der Waals surface area contributed by atoms with Gasteiger partial charge < -0.3 is 14.6 Å². The third kappa shape index (κ3) is 3.81. The van der Waals surface area contributed by atoms with Crippen molar-refractivity contribution < 1.29 is 4.42 Å². The lowest BCUT2D eigenvalue weighted by molar-refractivity contribution is 0.132. The summed E-state index contributed by atoms with van der Waals surface area (Å²) < 4.78 is 5.92. The molecule has 0 atom stereocenters. The van der Waals surface area contributed by atoms with Crippen LogP contribution < -0.4 is 5.32 Å². The fourth-order valence-electron chi connectivity index (χ4n) is 2.81. The summed E-state index contributed by atoms with van der Waals surface area (Å²) in [5.74, 6) is 2.15. The van der Waals surface area contributed by atoms with Crippen LogP contribution >= 0.6 is 0 Å². The van der Waals surface area contributed by atoms with Crippen LogP contribution in [0.15, 0.2) is 10.5 Å². The average molecular weight is 265 g/mol.